The van der Waals surface area contributed by atoms with Crippen LogP contribution in [0, 0.1) is 11.3 Å². The summed E-state index contributed by atoms with van der Waals surface area (Å²) in [6.07, 6.45) is 2.62. The van der Waals surface area contributed by atoms with Crippen LogP contribution in [0.5, 0.6) is 0 Å². The Kier molecular flexibility index (Phi) is 3.38. The lowest BCUT2D eigenvalue weighted by atomic mass is 10.1. The summed E-state index contributed by atoms with van der Waals surface area (Å²) in [5.74, 6) is 0. The Labute approximate surface area is 119 Å². The zero-order chi connectivity index (χ0) is 13.4. The number of fused-ring (bicyclic) bond motifs is 1. The van der Waals surface area contributed by atoms with Crippen molar-refractivity contribution in [1.82, 2.24) is 4.90 Å². The molecule has 1 aromatic rings. The minimum Gasteiger partial charge on any atom is -0.366 e. The molecular formula is C15H18ClN3. The standard InChI is InChI=1S/C15H18ClN3/c1-11-9-18-6-2-3-14(18)10-19(11)13-5-4-12(8-17)15(16)7-13/h4-5,7,11,14H,2-3,6,9-10H2,1H3. The average Bonchev–Trinajstić information content (AvgIpc) is 2.84. The molecule has 2 heterocycles. The number of hydrogen-bond donors (Lipinski definition) is 0. The molecule has 2 aliphatic rings. The third kappa shape index (κ3) is 2.31. The number of anilines is 1. The molecule has 0 saturated carbocycles. The van der Waals surface area contributed by atoms with Crippen molar-refractivity contribution in [3.8, 4) is 6.07 Å². The zero-order valence-corrected chi connectivity index (χ0v) is 11.9. The second-order valence-corrected chi connectivity index (χ2v) is 5.98. The Hall–Kier alpha value is -1.24. The van der Waals surface area contributed by atoms with Crippen LogP contribution in [-0.2, 0) is 0 Å². The molecule has 2 aliphatic heterocycles. The van der Waals surface area contributed by atoms with E-state index in [0.717, 1.165) is 18.8 Å². The molecule has 0 amide bonds. The average molecular weight is 276 g/mol. The maximum absolute atomic E-state index is 8.94. The van der Waals surface area contributed by atoms with Crippen LogP contribution in [0.15, 0.2) is 18.2 Å². The number of hydrogen-bond acceptors (Lipinski definition) is 3. The smallest absolute Gasteiger partial charge is 0.101 e. The Balaban J connectivity index is 1.85. The Morgan fingerprint density at radius 1 is 1.37 bits per heavy atom. The van der Waals surface area contributed by atoms with Gasteiger partial charge in [-0.3, -0.25) is 4.90 Å². The maximum Gasteiger partial charge on any atom is 0.101 e. The number of rotatable bonds is 1. The van der Waals surface area contributed by atoms with Crippen LogP contribution in [0.1, 0.15) is 25.3 Å². The lowest BCUT2D eigenvalue weighted by molar-refractivity contribution is 0.203. The number of nitriles is 1. The molecule has 0 aromatic heterocycles. The summed E-state index contributed by atoms with van der Waals surface area (Å²) < 4.78 is 0. The van der Waals surface area contributed by atoms with E-state index in [2.05, 4.69) is 22.8 Å². The second-order valence-electron chi connectivity index (χ2n) is 5.57. The van der Waals surface area contributed by atoms with E-state index < -0.39 is 0 Å². The molecule has 2 saturated heterocycles. The monoisotopic (exact) mass is 275 g/mol. The van der Waals surface area contributed by atoms with Gasteiger partial charge in [-0.05, 0) is 44.5 Å². The van der Waals surface area contributed by atoms with Crippen LogP contribution in [0.3, 0.4) is 0 Å². The SMILES string of the molecule is CC1CN2CCCC2CN1c1ccc(C#N)c(Cl)c1. The van der Waals surface area contributed by atoms with E-state index in [0.29, 0.717) is 22.7 Å². The van der Waals surface area contributed by atoms with Crippen LogP contribution >= 0.6 is 11.6 Å². The van der Waals surface area contributed by atoms with Crippen molar-refractivity contribution < 1.29 is 0 Å². The van der Waals surface area contributed by atoms with Crippen LogP contribution < -0.4 is 4.90 Å². The Bertz CT molecular complexity index is 523. The first kappa shape index (κ1) is 12.8. The van der Waals surface area contributed by atoms with Gasteiger partial charge in [0.1, 0.15) is 6.07 Å². The summed E-state index contributed by atoms with van der Waals surface area (Å²) in [6, 6.07) is 9.08. The minimum atomic E-state index is 0.498. The predicted octanol–water partition coefficient (Wildman–Crippen LogP) is 2.88. The molecule has 2 fully saturated rings. The maximum atomic E-state index is 8.94. The summed E-state index contributed by atoms with van der Waals surface area (Å²) in [4.78, 5) is 5.03. The molecule has 0 bridgehead atoms. The highest BCUT2D eigenvalue weighted by atomic mass is 35.5. The van der Waals surface area contributed by atoms with Gasteiger partial charge in [0.05, 0.1) is 10.6 Å². The third-order valence-electron chi connectivity index (χ3n) is 4.34. The summed E-state index contributed by atoms with van der Waals surface area (Å²) in [7, 11) is 0. The van der Waals surface area contributed by atoms with Crippen LogP contribution in [0.4, 0.5) is 5.69 Å². The van der Waals surface area contributed by atoms with Crippen molar-refractivity contribution in [3.05, 3.63) is 28.8 Å². The van der Waals surface area contributed by atoms with Crippen molar-refractivity contribution in [1.29, 1.82) is 5.26 Å². The largest absolute Gasteiger partial charge is 0.366 e. The number of halogens is 1. The van der Waals surface area contributed by atoms with Gasteiger partial charge < -0.3 is 4.90 Å². The quantitative estimate of drug-likeness (QED) is 0.789. The summed E-state index contributed by atoms with van der Waals surface area (Å²) in [5.41, 5.74) is 1.70. The summed E-state index contributed by atoms with van der Waals surface area (Å²) in [6.45, 7) is 5.71. The molecule has 2 atom stereocenters. The molecule has 3 rings (SSSR count). The van der Waals surface area contributed by atoms with Gasteiger partial charge in [-0.15, -0.1) is 0 Å². The molecule has 100 valence electrons. The van der Waals surface area contributed by atoms with E-state index in [-0.39, 0.29) is 0 Å². The van der Waals surface area contributed by atoms with E-state index in [1.165, 1.54) is 19.4 Å². The fraction of sp³-hybridized carbons (Fsp3) is 0.533. The van der Waals surface area contributed by atoms with Crippen molar-refractivity contribution in [2.75, 3.05) is 24.5 Å². The lowest BCUT2D eigenvalue weighted by Crippen LogP contribution is -2.55. The molecule has 2 unspecified atom stereocenters. The van der Waals surface area contributed by atoms with Crippen molar-refractivity contribution in [2.24, 2.45) is 0 Å². The van der Waals surface area contributed by atoms with Gasteiger partial charge in [-0.25, -0.2) is 0 Å². The van der Waals surface area contributed by atoms with Gasteiger partial charge in [0.15, 0.2) is 0 Å². The van der Waals surface area contributed by atoms with Crippen LogP contribution in [-0.4, -0.2) is 36.6 Å². The van der Waals surface area contributed by atoms with Crippen molar-refractivity contribution >= 4 is 17.3 Å². The highest BCUT2D eigenvalue weighted by molar-refractivity contribution is 6.32. The fourth-order valence-corrected chi connectivity index (χ4v) is 3.54. The van der Waals surface area contributed by atoms with Crippen LogP contribution in [0.2, 0.25) is 5.02 Å². The molecule has 4 heteroatoms. The van der Waals surface area contributed by atoms with Crippen molar-refractivity contribution in [2.45, 2.75) is 31.8 Å². The number of piperazine rings is 1. The molecule has 0 N–H and O–H groups in total. The van der Waals surface area contributed by atoms with E-state index in [1.807, 2.05) is 18.2 Å². The highest BCUT2D eigenvalue weighted by Gasteiger charge is 2.34. The number of nitrogens with zero attached hydrogens (tertiary/aromatic N) is 3. The molecule has 0 aliphatic carbocycles. The molecular weight excluding hydrogens is 258 g/mol. The first-order chi connectivity index (χ1) is 9.19. The lowest BCUT2D eigenvalue weighted by Gasteiger charge is -2.43. The van der Waals surface area contributed by atoms with Gasteiger partial charge >= 0.3 is 0 Å². The summed E-state index contributed by atoms with van der Waals surface area (Å²) >= 11 is 6.15. The predicted molar refractivity (Wildman–Crippen MR) is 77.6 cm³/mol. The zero-order valence-electron chi connectivity index (χ0n) is 11.1. The first-order valence-corrected chi connectivity index (χ1v) is 7.27. The van der Waals surface area contributed by atoms with E-state index in [4.69, 9.17) is 16.9 Å². The van der Waals surface area contributed by atoms with Gasteiger partial charge in [-0.2, -0.15) is 5.26 Å². The topological polar surface area (TPSA) is 30.3 Å². The van der Waals surface area contributed by atoms with Gasteiger partial charge in [0.2, 0.25) is 0 Å². The summed E-state index contributed by atoms with van der Waals surface area (Å²) in [5, 5.41) is 9.50. The molecule has 0 spiro atoms. The molecule has 19 heavy (non-hydrogen) atoms. The normalized spacial score (nSPS) is 27.1. The van der Waals surface area contributed by atoms with Gasteiger partial charge in [0.25, 0.3) is 0 Å². The van der Waals surface area contributed by atoms with Crippen LogP contribution in [0.25, 0.3) is 0 Å². The minimum absolute atomic E-state index is 0.498. The Morgan fingerprint density at radius 3 is 2.95 bits per heavy atom. The highest BCUT2D eigenvalue weighted by Crippen LogP contribution is 2.30. The fourth-order valence-electron chi connectivity index (χ4n) is 3.32. The number of benzene rings is 1. The molecule has 3 nitrogen and oxygen atoms in total. The van der Waals surface area contributed by atoms with E-state index in [9.17, 15) is 0 Å². The van der Waals surface area contributed by atoms with Crippen molar-refractivity contribution in [3.63, 3.8) is 0 Å². The first-order valence-electron chi connectivity index (χ1n) is 6.89. The molecule has 0 radical (unpaired) electrons. The van der Waals surface area contributed by atoms with E-state index in [1.54, 1.807) is 0 Å². The van der Waals surface area contributed by atoms with Gasteiger partial charge in [-0.1, -0.05) is 11.6 Å². The second kappa shape index (κ2) is 5.03. The van der Waals surface area contributed by atoms with Gasteiger partial charge in [0, 0.05) is 30.9 Å². The molecule has 1 aromatic carbocycles. The third-order valence-corrected chi connectivity index (χ3v) is 4.65. The van der Waals surface area contributed by atoms with E-state index >= 15 is 0 Å². The Morgan fingerprint density at radius 2 is 2.21 bits per heavy atom.